The smallest absolute Gasteiger partial charge is 0.253 e. The molecule has 0 unspecified atom stereocenters. The Morgan fingerprint density at radius 3 is 2.53 bits per heavy atom. The van der Waals surface area contributed by atoms with E-state index >= 15 is 0 Å². The van der Waals surface area contributed by atoms with Crippen LogP contribution in [0.25, 0.3) is 0 Å². The molecule has 0 saturated heterocycles. The fourth-order valence-corrected chi connectivity index (χ4v) is 1.22. The molecular formula is C13H20N2O2. The minimum absolute atomic E-state index is 0.00726. The van der Waals surface area contributed by atoms with Gasteiger partial charge in [-0.3, -0.25) is 9.78 Å². The summed E-state index contributed by atoms with van der Waals surface area (Å²) in [6.45, 7) is 7.63. The van der Waals surface area contributed by atoms with Crippen LogP contribution < -0.4 is 5.32 Å². The molecule has 4 heteroatoms. The molecule has 0 fully saturated rings. The number of aliphatic hydroxyl groups is 1. The third kappa shape index (κ3) is 3.03. The number of nitrogens with zero attached hydrogens (tertiary/aromatic N) is 1. The molecule has 0 atom stereocenters. The first-order valence-corrected chi connectivity index (χ1v) is 5.63. The molecule has 94 valence electrons. The van der Waals surface area contributed by atoms with Crippen LogP contribution in [0.2, 0.25) is 0 Å². The van der Waals surface area contributed by atoms with Crippen LogP contribution in [-0.4, -0.2) is 28.1 Å². The summed E-state index contributed by atoms with van der Waals surface area (Å²) in [6, 6.07) is 3.43. The lowest BCUT2D eigenvalue weighted by molar-refractivity contribution is 0.0572. The molecule has 1 rings (SSSR count). The maximum Gasteiger partial charge on any atom is 0.253 e. The normalized spacial score (nSPS) is 12.3. The number of hydrogen-bond donors (Lipinski definition) is 2. The fourth-order valence-electron chi connectivity index (χ4n) is 1.22. The Kier molecular flexibility index (Phi) is 3.88. The molecular weight excluding hydrogens is 216 g/mol. The van der Waals surface area contributed by atoms with E-state index in [4.69, 9.17) is 0 Å². The minimum Gasteiger partial charge on any atom is -0.396 e. The molecule has 1 amide bonds. The van der Waals surface area contributed by atoms with Gasteiger partial charge in [0.15, 0.2) is 0 Å². The van der Waals surface area contributed by atoms with E-state index in [-0.39, 0.29) is 12.5 Å². The third-order valence-electron chi connectivity index (χ3n) is 3.44. The molecule has 1 heterocycles. The Hall–Kier alpha value is -1.42. The van der Waals surface area contributed by atoms with Crippen LogP contribution in [0.1, 0.15) is 38.1 Å². The van der Waals surface area contributed by atoms with Crippen molar-refractivity contribution in [1.29, 1.82) is 0 Å². The van der Waals surface area contributed by atoms with E-state index in [9.17, 15) is 9.90 Å². The van der Waals surface area contributed by atoms with Crippen LogP contribution in [0.4, 0.5) is 0 Å². The molecule has 0 saturated carbocycles. The molecule has 0 bridgehead atoms. The third-order valence-corrected chi connectivity index (χ3v) is 3.44. The molecule has 1 aromatic heterocycles. The van der Waals surface area contributed by atoms with Gasteiger partial charge in [0.2, 0.25) is 0 Å². The van der Waals surface area contributed by atoms with Crippen LogP contribution >= 0.6 is 0 Å². The van der Waals surface area contributed by atoms with Gasteiger partial charge in [0.1, 0.15) is 0 Å². The van der Waals surface area contributed by atoms with Gasteiger partial charge in [0.05, 0.1) is 12.2 Å². The summed E-state index contributed by atoms with van der Waals surface area (Å²) in [5.74, 6) is -0.176. The minimum atomic E-state index is -0.505. The quantitative estimate of drug-likeness (QED) is 0.835. The van der Waals surface area contributed by atoms with Gasteiger partial charge < -0.3 is 10.4 Å². The van der Waals surface area contributed by atoms with E-state index in [1.165, 1.54) is 6.20 Å². The Morgan fingerprint density at radius 2 is 2.06 bits per heavy atom. The second-order valence-corrected chi connectivity index (χ2v) is 5.36. The lowest BCUT2D eigenvalue weighted by Crippen LogP contribution is -2.55. The monoisotopic (exact) mass is 236 g/mol. The van der Waals surface area contributed by atoms with Gasteiger partial charge in [-0.05, 0) is 26.0 Å². The van der Waals surface area contributed by atoms with Crippen LogP contribution in [0.5, 0.6) is 0 Å². The maximum absolute atomic E-state index is 12.0. The van der Waals surface area contributed by atoms with E-state index in [2.05, 4.69) is 10.3 Å². The summed E-state index contributed by atoms with van der Waals surface area (Å²) in [6.07, 6.45) is 3.15. The molecule has 4 nitrogen and oxygen atoms in total. The zero-order chi connectivity index (χ0) is 13.1. The number of nitrogens with one attached hydrogen (secondary N) is 1. The summed E-state index contributed by atoms with van der Waals surface area (Å²) >= 11 is 0. The van der Waals surface area contributed by atoms with E-state index in [1.807, 2.05) is 27.7 Å². The van der Waals surface area contributed by atoms with Crippen LogP contribution in [0.3, 0.4) is 0 Å². The number of aromatic nitrogens is 1. The zero-order valence-corrected chi connectivity index (χ0v) is 10.8. The van der Waals surface area contributed by atoms with Crippen molar-refractivity contribution in [3.63, 3.8) is 0 Å². The van der Waals surface area contributed by atoms with Crippen LogP contribution in [-0.2, 0) is 0 Å². The molecule has 2 N–H and O–H groups in total. The lowest BCUT2D eigenvalue weighted by atomic mass is 9.75. The van der Waals surface area contributed by atoms with E-state index < -0.39 is 11.0 Å². The predicted octanol–water partition coefficient (Wildman–Crippen LogP) is 1.61. The van der Waals surface area contributed by atoms with Crippen LogP contribution in [0, 0.1) is 5.41 Å². The van der Waals surface area contributed by atoms with Crippen molar-refractivity contribution in [3.8, 4) is 0 Å². The molecule has 0 aliphatic heterocycles. The number of hydrogen-bond acceptors (Lipinski definition) is 3. The van der Waals surface area contributed by atoms with Crippen molar-refractivity contribution >= 4 is 5.91 Å². The van der Waals surface area contributed by atoms with E-state index in [0.29, 0.717) is 5.56 Å². The SMILES string of the molecule is CC(C)(CO)C(C)(C)NC(=O)c1cccnc1. The lowest BCUT2D eigenvalue weighted by Gasteiger charge is -2.41. The second-order valence-electron chi connectivity index (χ2n) is 5.36. The van der Waals surface area contributed by atoms with Crippen LogP contribution in [0.15, 0.2) is 24.5 Å². The number of carbonyl (C=O) groups is 1. The largest absolute Gasteiger partial charge is 0.396 e. The highest BCUT2D eigenvalue weighted by Crippen LogP contribution is 2.29. The first kappa shape index (κ1) is 13.6. The Labute approximate surface area is 102 Å². The highest BCUT2D eigenvalue weighted by molar-refractivity contribution is 5.94. The second kappa shape index (κ2) is 4.84. The standard InChI is InChI=1S/C13H20N2O2/c1-12(2,9-16)13(3,4)15-11(17)10-6-5-7-14-8-10/h5-8,16H,9H2,1-4H3,(H,15,17). The average Bonchev–Trinajstić information content (AvgIpc) is 2.29. The Bertz CT molecular complexity index is 386. The average molecular weight is 236 g/mol. The van der Waals surface area contributed by atoms with Gasteiger partial charge in [-0.2, -0.15) is 0 Å². The van der Waals surface area contributed by atoms with Gasteiger partial charge in [0, 0.05) is 23.3 Å². The molecule has 17 heavy (non-hydrogen) atoms. The van der Waals surface area contributed by atoms with Crippen molar-refractivity contribution in [3.05, 3.63) is 30.1 Å². The van der Waals surface area contributed by atoms with Crippen molar-refractivity contribution < 1.29 is 9.90 Å². The van der Waals surface area contributed by atoms with Gasteiger partial charge in [0.25, 0.3) is 5.91 Å². The van der Waals surface area contributed by atoms with Gasteiger partial charge >= 0.3 is 0 Å². The number of aliphatic hydroxyl groups excluding tert-OH is 1. The fraction of sp³-hybridized carbons (Fsp3) is 0.538. The van der Waals surface area contributed by atoms with Gasteiger partial charge in [-0.1, -0.05) is 13.8 Å². The summed E-state index contributed by atoms with van der Waals surface area (Å²) in [5, 5.41) is 12.3. The summed E-state index contributed by atoms with van der Waals surface area (Å²) in [7, 11) is 0. The molecule has 0 aliphatic carbocycles. The summed E-state index contributed by atoms with van der Waals surface area (Å²) < 4.78 is 0. The predicted molar refractivity (Wildman–Crippen MR) is 66.6 cm³/mol. The van der Waals surface area contributed by atoms with Crippen molar-refractivity contribution in [2.75, 3.05) is 6.61 Å². The zero-order valence-electron chi connectivity index (χ0n) is 10.8. The number of amides is 1. The molecule has 0 radical (unpaired) electrons. The summed E-state index contributed by atoms with van der Waals surface area (Å²) in [5.41, 5.74) is -0.381. The first-order valence-electron chi connectivity index (χ1n) is 5.63. The number of carbonyl (C=O) groups excluding carboxylic acids is 1. The van der Waals surface area contributed by atoms with Crippen molar-refractivity contribution in [1.82, 2.24) is 10.3 Å². The van der Waals surface area contributed by atoms with E-state index in [0.717, 1.165) is 0 Å². The number of pyridine rings is 1. The molecule has 0 spiro atoms. The molecule has 1 aromatic rings. The maximum atomic E-state index is 12.0. The molecule has 0 aliphatic rings. The van der Waals surface area contributed by atoms with Crippen molar-refractivity contribution in [2.24, 2.45) is 5.41 Å². The number of rotatable bonds is 4. The highest BCUT2D eigenvalue weighted by Gasteiger charge is 2.37. The van der Waals surface area contributed by atoms with Gasteiger partial charge in [-0.25, -0.2) is 0 Å². The first-order chi connectivity index (χ1) is 7.80. The van der Waals surface area contributed by atoms with E-state index in [1.54, 1.807) is 18.3 Å². The van der Waals surface area contributed by atoms with Gasteiger partial charge in [-0.15, -0.1) is 0 Å². The Morgan fingerprint density at radius 1 is 1.41 bits per heavy atom. The molecule has 0 aromatic carbocycles. The Balaban J connectivity index is 2.82. The van der Waals surface area contributed by atoms with Crippen molar-refractivity contribution in [2.45, 2.75) is 33.2 Å². The highest BCUT2D eigenvalue weighted by atomic mass is 16.3. The topological polar surface area (TPSA) is 62.2 Å². The summed E-state index contributed by atoms with van der Waals surface area (Å²) in [4.78, 5) is 15.9.